The van der Waals surface area contributed by atoms with Crippen LogP contribution >= 0.6 is 0 Å². The number of halogens is 1. The average Bonchev–Trinajstić information content (AvgIpc) is 3.50. The number of rotatable bonds is 8. The molecule has 3 amide bonds. The molecule has 0 aliphatic rings. The Labute approximate surface area is 294 Å². The molecule has 4 aromatic rings. The molecule has 17 heteroatoms. The van der Waals surface area contributed by atoms with Crippen molar-refractivity contribution in [2.45, 2.75) is 83.3 Å². The van der Waals surface area contributed by atoms with Crippen molar-refractivity contribution in [3.63, 3.8) is 0 Å². The van der Waals surface area contributed by atoms with Crippen molar-refractivity contribution < 1.29 is 46.2 Å². The van der Waals surface area contributed by atoms with Gasteiger partial charge in [0.05, 0.1) is 22.0 Å². The third-order valence-corrected chi connectivity index (χ3v) is 9.01. The van der Waals surface area contributed by atoms with Crippen molar-refractivity contribution in [1.29, 1.82) is 0 Å². The molecule has 0 bridgehead atoms. The fraction of sp³-hybridized carbons (Fsp3) is 0.382. The smallest absolute Gasteiger partial charge is 0.425 e. The van der Waals surface area contributed by atoms with Crippen LogP contribution in [0.25, 0.3) is 34.3 Å². The Morgan fingerprint density at radius 2 is 1.49 bits per heavy atom. The van der Waals surface area contributed by atoms with Gasteiger partial charge < -0.3 is 23.9 Å². The van der Waals surface area contributed by atoms with E-state index in [9.17, 15) is 27.9 Å². The summed E-state index contributed by atoms with van der Waals surface area (Å²) >= 11 is 0. The van der Waals surface area contributed by atoms with Gasteiger partial charge in [0.15, 0.2) is 21.3 Å². The minimum atomic E-state index is -3.80. The number of aromatic nitrogens is 4. The lowest BCUT2D eigenvalue weighted by Gasteiger charge is -2.28. The number of anilines is 1. The number of amides is 3. The van der Waals surface area contributed by atoms with Crippen molar-refractivity contribution >= 4 is 33.9 Å². The lowest BCUT2D eigenvalue weighted by atomic mass is 10.1. The highest BCUT2D eigenvalue weighted by molar-refractivity contribution is 7.92. The van der Waals surface area contributed by atoms with E-state index in [0.717, 1.165) is 17.2 Å². The summed E-state index contributed by atoms with van der Waals surface area (Å²) in [5.41, 5.74) is -1.61. The van der Waals surface area contributed by atoms with Gasteiger partial charge in [-0.05, 0) is 91.3 Å². The predicted molar refractivity (Wildman–Crippen MR) is 183 cm³/mol. The summed E-state index contributed by atoms with van der Waals surface area (Å²) in [6.45, 7) is 12.6. The van der Waals surface area contributed by atoms with Crippen LogP contribution in [0.3, 0.4) is 0 Å². The van der Waals surface area contributed by atoms with Crippen LogP contribution in [0.5, 0.6) is 0 Å². The second-order valence-corrected chi connectivity index (χ2v) is 16.2. The third kappa shape index (κ3) is 9.22. The quantitative estimate of drug-likeness (QED) is 0.196. The SMILES string of the molecule is CC(C)S(=O)(=O)c1ccc(-c2cnc(N(C(=O)OC(C)(C)C)C(=O)OC(C)(C)C)c(-c3nnc(-c4ccc(CN(C)C(=O)O)cc4)o3)n2)c(F)c1. The highest BCUT2D eigenvalue weighted by atomic mass is 32.2. The molecule has 51 heavy (non-hydrogen) atoms. The van der Waals surface area contributed by atoms with Crippen molar-refractivity contribution in [2.24, 2.45) is 0 Å². The Bertz CT molecular complexity index is 2030. The fourth-order valence-electron chi connectivity index (χ4n) is 4.36. The number of imide groups is 1. The van der Waals surface area contributed by atoms with E-state index < -0.39 is 56.2 Å². The van der Waals surface area contributed by atoms with Crippen LogP contribution in [0, 0.1) is 5.82 Å². The molecule has 15 nitrogen and oxygen atoms in total. The number of hydrogen-bond acceptors (Lipinski definition) is 12. The molecule has 0 saturated heterocycles. The number of carbonyl (C=O) groups excluding carboxylic acids is 2. The van der Waals surface area contributed by atoms with Crippen LogP contribution in [0.2, 0.25) is 0 Å². The van der Waals surface area contributed by atoms with Crippen molar-refractivity contribution in [3.05, 3.63) is 60.0 Å². The highest BCUT2D eigenvalue weighted by Gasteiger charge is 2.37. The first-order valence-electron chi connectivity index (χ1n) is 15.6. The van der Waals surface area contributed by atoms with Gasteiger partial charge in [-0.25, -0.2) is 37.2 Å². The normalized spacial score (nSPS) is 12.1. The Morgan fingerprint density at radius 1 is 0.922 bits per heavy atom. The molecule has 0 fully saturated rings. The number of carbonyl (C=O) groups is 3. The van der Waals surface area contributed by atoms with Gasteiger partial charge in [-0.15, -0.1) is 10.2 Å². The van der Waals surface area contributed by atoms with E-state index in [1.54, 1.807) is 65.8 Å². The number of sulfone groups is 1. The van der Waals surface area contributed by atoms with E-state index in [2.05, 4.69) is 20.2 Å². The monoisotopic (exact) mass is 726 g/mol. The number of nitrogens with zero attached hydrogens (tertiary/aromatic N) is 6. The molecular weight excluding hydrogens is 687 g/mol. The van der Waals surface area contributed by atoms with Crippen LogP contribution < -0.4 is 4.90 Å². The van der Waals surface area contributed by atoms with Crippen molar-refractivity contribution in [1.82, 2.24) is 25.1 Å². The van der Waals surface area contributed by atoms with E-state index in [1.165, 1.54) is 33.0 Å². The van der Waals surface area contributed by atoms with E-state index >= 15 is 4.39 Å². The van der Waals surface area contributed by atoms with E-state index in [-0.39, 0.29) is 40.2 Å². The maximum Gasteiger partial charge on any atom is 0.425 e. The maximum absolute atomic E-state index is 15.6. The second-order valence-electron chi connectivity index (χ2n) is 13.7. The number of ether oxygens (including phenoxy) is 2. The van der Waals surface area contributed by atoms with E-state index in [1.807, 2.05) is 0 Å². The molecule has 0 radical (unpaired) electrons. The van der Waals surface area contributed by atoms with Crippen LogP contribution in [0.4, 0.5) is 24.6 Å². The molecule has 0 atom stereocenters. The third-order valence-electron chi connectivity index (χ3n) is 6.86. The molecule has 0 unspecified atom stereocenters. The van der Waals surface area contributed by atoms with Crippen molar-refractivity contribution in [2.75, 3.05) is 11.9 Å². The Balaban J connectivity index is 1.89. The highest BCUT2D eigenvalue weighted by Crippen LogP contribution is 2.34. The van der Waals surface area contributed by atoms with Gasteiger partial charge in [0.2, 0.25) is 5.89 Å². The minimum Gasteiger partial charge on any atom is -0.465 e. The molecule has 2 aromatic carbocycles. The van der Waals surface area contributed by atoms with Gasteiger partial charge in [-0.1, -0.05) is 12.1 Å². The zero-order valence-corrected chi connectivity index (χ0v) is 30.4. The largest absolute Gasteiger partial charge is 0.465 e. The van der Waals surface area contributed by atoms with Crippen LogP contribution in [-0.2, 0) is 25.9 Å². The first-order valence-corrected chi connectivity index (χ1v) is 17.2. The predicted octanol–water partition coefficient (Wildman–Crippen LogP) is 6.97. The van der Waals surface area contributed by atoms with Gasteiger partial charge in [0, 0.05) is 24.7 Å². The lowest BCUT2D eigenvalue weighted by molar-refractivity contribution is 0.0428. The Hall–Kier alpha value is -5.45. The number of hydrogen-bond donors (Lipinski definition) is 1. The molecule has 0 saturated carbocycles. The molecule has 2 heterocycles. The van der Waals surface area contributed by atoms with Crippen LogP contribution in [-0.4, -0.2) is 80.4 Å². The van der Waals surface area contributed by atoms with Gasteiger partial charge >= 0.3 is 18.3 Å². The number of carboxylic acid groups (broad SMARTS) is 1. The molecule has 0 spiro atoms. The molecule has 0 aliphatic carbocycles. The maximum atomic E-state index is 15.6. The van der Waals surface area contributed by atoms with Gasteiger partial charge in [-0.3, -0.25) is 0 Å². The average molecular weight is 727 g/mol. The molecule has 4 rings (SSSR count). The molecule has 272 valence electrons. The summed E-state index contributed by atoms with van der Waals surface area (Å²) in [6.07, 6.45) is -2.35. The summed E-state index contributed by atoms with van der Waals surface area (Å²) in [6, 6.07) is 9.92. The molecule has 0 aliphatic heterocycles. The summed E-state index contributed by atoms with van der Waals surface area (Å²) in [7, 11) is -2.37. The van der Waals surface area contributed by atoms with Crippen LogP contribution in [0.15, 0.2) is 58.0 Å². The molecule has 2 aromatic heterocycles. The second kappa shape index (κ2) is 14.4. The number of benzene rings is 2. The zero-order valence-electron chi connectivity index (χ0n) is 29.6. The summed E-state index contributed by atoms with van der Waals surface area (Å²) in [4.78, 5) is 48.5. The lowest BCUT2D eigenvalue weighted by Crippen LogP contribution is -2.44. The van der Waals surface area contributed by atoms with Crippen LogP contribution in [0.1, 0.15) is 61.0 Å². The first kappa shape index (κ1) is 38.4. The van der Waals surface area contributed by atoms with Gasteiger partial charge in [-0.2, -0.15) is 4.90 Å². The molecular formula is C34H39FN6O9S. The van der Waals surface area contributed by atoms with Gasteiger partial charge in [0.1, 0.15) is 17.0 Å². The summed E-state index contributed by atoms with van der Waals surface area (Å²) < 4.78 is 57.9. The van der Waals surface area contributed by atoms with E-state index in [4.69, 9.17) is 13.9 Å². The fourth-order valence-corrected chi connectivity index (χ4v) is 5.43. The standard InChI is InChI=1S/C34H39FN6O9S/c1-19(2)51(46,47)22-14-15-23(24(35)16-22)25-17-36-27(41(31(44)49-33(3,4)5)32(45)50-34(6,7)8)26(37-25)29-39-38-28(48-29)21-12-10-20(11-13-21)18-40(9)30(42)43/h10-17,19H,18H2,1-9H3,(H,42,43). The minimum absolute atomic E-state index is 0.0168. The first-order chi connectivity index (χ1) is 23.6. The van der Waals surface area contributed by atoms with E-state index in [0.29, 0.717) is 16.0 Å². The topological polar surface area (TPSA) is 195 Å². The zero-order chi connectivity index (χ0) is 38.1. The Morgan fingerprint density at radius 3 is 2.00 bits per heavy atom. The molecule has 1 N–H and O–H groups in total. The van der Waals surface area contributed by atoms with Crippen molar-refractivity contribution in [3.8, 4) is 34.3 Å². The summed E-state index contributed by atoms with van der Waals surface area (Å²) in [5.74, 6) is -1.72. The Kier molecular flexibility index (Phi) is 10.8. The van der Waals surface area contributed by atoms with Gasteiger partial charge in [0.25, 0.3) is 5.89 Å². The summed E-state index contributed by atoms with van der Waals surface area (Å²) in [5, 5.41) is 16.5.